The van der Waals surface area contributed by atoms with E-state index in [1.165, 1.54) is 0 Å². The zero-order chi connectivity index (χ0) is 15.9. The molecule has 0 saturated heterocycles. The van der Waals surface area contributed by atoms with Crippen molar-refractivity contribution in [2.45, 2.75) is 12.8 Å². The Morgan fingerprint density at radius 3 is 2.71 bits per heavy atom. The summed E-state index contributed by atoms with van der Waals surface area (Å²) in [5.74, 6) is 2.96. The van der Waals surface area contributed by atoms with E-state index in [0.717, 1.165) is 18.2 Å². The second kappa shape index (κ2) is 7.07. The quantitative estimate of drug-likeness (QED) is 0.303. The third-order valence-electron chi connectivity index (χ3n) is 2.02. The van der Waals surface area contributed by atoms with Crippen LogP contribution in [-0.2, 0) is 0 Å². The number of carbonyl (C=O) groups is 1. The molecule has 1 aromatic carbocycles. The Bertz CT molecular complexity index is 641. The molecule has 0 radical (unpaired) electrons. The Hall–Kier alpha value is -2.85. The van der Waals surface area contributed by atoms with Crippen LogP contribution in [0.4, 0.5) is 13.2 Å². The van der Waals surface area contributed by atoms with Crippen molar-refractivity contribution in [3.63, 3.8) is 0 Å². The number of hydrogen-bond acceptors (Lipinski definition) is 3. The van der Waals surface area contributed by atoms with Gasteiger partial charge in [0.1, 0.15) is 5.75 Å². The van der Waals surface area contributed by atoms with E-state index in [2.05, 4.69) is 26.6 Å². The predicted octanol–water partition coefficient (Wildman–Crippen LogP) is 3.34. The van der Waals surface area contributed by atoms with Crippen LogP contribution in [0.3, 0.4) is 0 Å². The highest BCUT2D eigenvalue weighted by Gasteiger charge is 2.31. The molecule has 9 heteroatoms. The molecule has 0 aliphatic rings. The lowest BCUT2D eigenvalue weighted by Crippen LogP contribution is -2.17. The fourth-order valence-corrected chi connectivity index (χ4v) is 1.30. The van der Waals surface area contributed by atoms with Crippen molar-refractivity contribution >= 4 is 5.97 Å². The highest BCUT2D eigenvalue weighted by atomic mass is 19.4. The number of carboxylic acid groups (broad SMARTS) is 1. The van der Waals surface area contributed by atoms with Gasteiger partial charge in [0.2, 0.25) is 0 Å². The molecule has 1 rings (SSSR count). The summed E-state index contributed by atoms with van der Waals surface area (Å²) in [6.07, 6.45) is -4.74. The number of nitrogens with zero attached hydrogens (tertiary/aromatic N) is 3. The maximum absolute atomic E-state index is 12.1. The normalized spacial score (nSPS) is 10.0. The van der Waals surface area contributed by atoms with Gasteiger partial charge in [-0.1, -0.05) is 17.0 Å². The van der Waals surface area contributed by atoms with Crippen LogP contribution in [0.15, 0.2) is 23.3 Å². The number of ether oxygens (including phenoxy) is 1. The van der Waals surface area contributed by atoms with Crippen LogP contribution in [0.5, 0.6) is 5.75 Å². The van der Waals surface area contributed by atoms with Gasteiger partial charge >= 0.3 is 12.3 Å². The van der Waals surface area contributed by atoms with Gasteiger partial charge in [-0.2, -0.15) is 0 Å². The first-order valence-corrected chi connectivity index (χ1v) is 5.45. The number of aromatic carboxylic acids is 1. The van der Waals surface area contributed by atoms with Gasteiger partial charge in [0.25, 0.3) is 0 Å². The van der Waals surface area contributed by atoms with E-state index in [4.69, 9.17) is 10.6 Å². The molecule has 0 fully saturated rings. The molecule has 0 aromatic heterocycles. The predicted molar refractivity (Wildman–Crippen MR) is 65.6 cm³/mol. The smallest absolute Gasteiger partial charge is 0.478 e. The zero-order valence-electron chi connectivity index (χ0n) is 10.4. The number of halogens is 3. The average Bonchev–Trinajstić information content (AvgIpc) is 2.36. The van der Waals surface area contributed by atoms with Gasteiger partial charge in [-0.3, -0.25) is 0 Å². The van der Waals surface area contributed by atoms with Crippen LogP contribution in [0.2, 0.25) is 0 Å². The van der Waals surface area contributed by atoms with Crippen LogP contribution in [0, 0.1) is 11.8 Å². The number of hydrogen-bond donors (Lipinski definition) is 1. The number of rotatable bonds is 4. The Balaban J connectivity index is 3.02. The summed E-state index contributed by atoms with van der Waals surface area (Å²) in [7, 11) is 0. The fraction of sp³-hybridized carbons (Fsp3) is 0.250. The van der Waals surface area contributed by atoms with Crippen LogP contribution in [0.1, 0.15) is 22.3 Å². The monoisotopic (exact) mass is 299 g/mol. The Morgan fingerprint density at radius 1 is 1.43 bits per heavy atom. The first-order chi connectivity index (χ1) is 9.81. The minimum absolute atomic E-state index is 0.0510. The van der Waals surface area contributed by atoms with Crippen molar-refractivity contribution in [3.05, 3.63) is 39.8 Å². The van der Waals surface area contributed by atoms with E-state index < -0.39 is 18.1 Å². The lowest BCUT2D eigenvalue weighted by Gasteiger charge is -2.09. The standard InChI is InChI=1S/C12H8F3N3O3/c13-12(14,15)21-10-6-8(3-1-2-4-17-18-16)5-9(7-10)11(19)20/h5-7H,2,4H2,(H,19,20). The molecule has 0 bridgehead atoms. The summed E-state index contributed by atoms with van der Waals surface area (Å²) in [5.41, 5.74) is 7.72. The maximum Gasteiger partial charge on any atom is 0.573 e. The zero-order valence-corrected chi connectivity index (χ0v) is 10.4. The van der Waals surface area contributed by atoms with Gasteiger partial charge in [-0.05, 0) is 23.7 Å². The summed E-state index contributed by atoms with van der Waals surface area (Å²) in [6, 6.07) is 2.84. The highest BCUT2D eigenvalue weighted by Crippen LogP contribution is 2.25. The highest BCUT2D eigenvalue weighted by molar-refractivity contribution is 5.88. The summed E-state index contributed by atoms with van der Waals surface area (Å²) in [5, 5.41) is 12.1. The average molecular weight is 299 g/mol. The lowest BCUT2D eigenvalue weighted by atomic mass is 10.1. The molecule has 1 aromatic rings. The Labute approximate surface area is 116 Å². The van der Waals surface area contributed by atoms with Gasteiger partial charge in [0.15, 0.2) is 0 Å². The van der Waals surface area contributed by atoms with Crippen LogP contribution >= 0.6 is 0 Å². The lowest BCUT2D eigenvalue weighted by molar-refractivity contribution is -0.274. The number of azide groups is 1. The largest absolute Gasteiger partial charge is 0.573 e. The second-order valence-corrected chi connectivity index (χ2v) is 3.61. The number of benzene rings is 1. The molecule has 0 amide bonds. The SMILES string of the molecule is [N-]=[N+]=NCCC#Cc1cc(OC(F)(F)F)cc(C(=O)O)c1. The number of carboxylic acids is 1. The van der Waals surface area contributed by atoms with Crippen molar-refractivity contribution in [1.29, 1.82) is 0 Å². The molecule has 0 aliphatic carbocycles. The van der Waals surface area contributed by atoms with Crippen molar-refractivity contribution in [1.82, 2.24) is 0 Å². The molecule has 0 atom stereocenters. The second-order valence-electron chi connectivity index (χ2n) is 3.61. The van der Waals surface area contributed by atoms with Crippen molar-refractivity contribution in [2.24, 2.45) is 5.11 Å². The topological polar surface area (TPSA) is 95.3 Å². The molecule has 110 valence electrons. The molecule has 21 heavy (non-hydrogen) atoms. The van der Waals surface area contributed by atoms with Crippen molar-refractivity contribution < 1.29 is 27.8 Å². The van der Waals surface area contributed by atoms with E-state index in [1.807, 2.05) is 0 Å². The molecule has 6 nitrogen and oxygen atoms in total. The summed E-state index contributed by atoms with van der Waals surface area (Å²) in [6.45, 7) is 0.105. The third kappa shape index (κ3) is 6.22. The third-order valence-corrected chi connectivity index (χ3v) is 2.02. The van der Waals surface area contributed by atoms with E-state index >= 15 is 0 Å². The van der Waals surface area contributed by atoms with E-state index in [0.29, 0.717) is 0 Å². The maximum atomic E-state index is 12.1. The summed E-state index contributed by atoms with van der Waals surface area (Å²) in [4.78, 5) is 13.4. The first kappa shape index (κ1) is 16.2. The van der Waals surface area contributed by atoms with Gasteiger partial charge in [0.05, 0.1) is 5.56 Å². The molecule has 0 aliphatic heterocycles. The Morgan fingerprint density at radius 2 is 2.14 bits per heavy atom. The van der Waals surface area contributed by atoms with E-state index in [9.17, 15) is 18.0 Å². The summed E-state index contributed by atoms with van der Waals surface area (Å²) >= 11 is 0. The van der Waals surface area contributed by atoms with E-state index in [1.54, 1.807) is 0 Å². The van der Waals surface area contributed by atoms with Gasteiger partial charge < -0.3 is 9.84 Å². The minimum Gasteiger partial charge on any atom is -0.478 e. The molecule has 0 saturated carbocycles. The molecule has 0 spiro atoms. The molecular formula is C12H8F3N3O3. The summed E-state index contributed by atoms with van der Waals surface area (Å²) < 4.78 is 40.1. The minimum atomic E-state index is -4.93. The van der Waals surface area contributed by atoms with Crippen LogP contribution < -0.4 is 4.74 Å². The van der Waals surface area contributed by atoms with Gasteiger partial charge in [-0.15, -0.1) is 13.2 Å². The number of alkyl halides is 3. The Kier molecular flexibility index (Phi) is 5.46. The van der Waals surface area contributed by atoms with Crippen molar-refractivity contribution in [3.8, 4) is 17.6 Å². The van der Waals surface area contributed by atoms with Crippen LogP contribution in [0.25, 0.3) is 10.4 Å². The van der Waals surface area contributed by atoms with Gasteiger partial charge in [0, 0.05) is 23.4 Å². The first-order valence-electron chi connectivity index (χ1n) is 5.45. The molecular weight excluding hydrogens is 291 g/mol. The van der Waals surface area contributed by atoms with Gasteiger partial charge in [-0.25, -0.2) is 4.79 Å². The van der Waals surface area contributed by atoms with E-state index in [-0.39, 0.29) is 24.1 Å². The molecule has 0 unspecified atom stereocenters. The van der Waals surface area contributed by atoms with Crippen LogP contribution in [-0.4, -0.2) is 24.0 Å². The van der Waals surface area contributed by atoms with Crippen molar-refractivity contribution in [2.75, 3.05) is 6.54 Å². The molecule has 0 heterocycles. The molecule has 1 N–H and O–H groups in total. The fourth-order valence-electron chi connectivity index (χ4n) is 1.30.